The Morgan fingerprint density at radius 1 is 0.667 bits per heavy atom. The van der Waals surface area contributed by atoms with Crippen molar-refractivity contribution in [2.45, 2.75) is 25.7 Å². The second-order valence-electron chi connectivity index (χ2n) is 7.73. The van der Waals surface area contributed by atoms with Crippen molar-refractivity contribution >= 4 is 0 Å². The van der Waals surface area contributed by atoms with E-state index in [-0.39, 0.29) is 0 Å². The molecule has 0 spiro atoms. The zero-order chi connectivity index (χ0) is 20.8. The molecule has 3 aromatic carbocycles. The second-order valence-corrected chi connectivity index (χ2v) is 7.73. The van der Waals surface area contributed by atoms with Crippen molar-refractivity contribution < 1.29 is 9.47 Å². The zero-order valence-corrected chi connectivity index (χ0v) is 17.0. The molecular formula is C26H20N2O2. The van der Waals surface area contributed by atoms with Crippen LogP contribution in [0.15, 0.2) is 36.4 Å². The minimum Gasteiger partial charge on any atom is -0.497 e. The predicted octanol–water partition coefficient (Wildman–Crippen LogP) is 4.98. The van der Waals surface area contributed by atoms with Crippen LogP contribution in [0.5, 0.6) is 11.5 Å². The number of rotatable bonds is 2. The highest BCUT2D eigenvalue weighted by atomic mass is 16.5. The number of nitriles is 2. The van der Waals surface area contributed by atoms with Crippen molar-refractivity contribution in [3.05, 3.63) is 69.8 Å². The molecule has 0 aromatic heterocycles. The molecule has 4 nitrogen and oxygen atoms in total. The highest BCUT2D eigenvalue weighted by molar-refractivity contribution is 5.95. The van der Waals surface area contributed by atoms with E-state index < -0.39 is 0 Å². The smallest absolute Gasteiger partial charge is 0.119 e. The monoisotopic (exact) mass is 392 g/mol. The molecule has 0 saturated heterocycles. The van der Waals surface area contributed by atoms with Crippen molar-refractivity contribution in [2.24, 2.45) is 0 Å². The van der Waals surface area contributed by atoms with Gasteiger partial charge >= 0.3 is 0 Å². The molecule has 0 amide bonds. The molecule has 0 N–H and O–H groups in total. The molecule has 0 aliphatic heterocycles. The fraction of sp³-hybridized carbons (Fsp3) is 0.231. The number of ether oxygens (including phenoxy) is 2. The normalized spacial score (nSPS) is 13.1. The number of hydrogen-bond acceptors (Lipinski definition) is 4. The van der Waals surface area contributed by atoms with Gasteiger partial charge in [-0.25, -0.2) is 0 Å². The van der Waals surface area contributed by atoms with Gasteiger partial charge in [-0.1, -0.05) is 12.1 Å². The average molecular weight is 392 g/mol. The van der Waals surface area contributed by atoms with Crippen molar-refractivity contribution in [1.29, 1.82) is 10.5 Å². The first kappa shape index (κ1) is 18.3. The van der Waals surface area contributed by atoms with Gasteiger partial charge in [-0.2, -0.15) is 10.5 Å². The first-order valence-electron chi connectivity index (χ1n) is 10.1. The lowest BCUT2D eigenvalue weighted by molar-refractivity contribution is 0.414. The van der Waals surface area contributed by atoms with Gasteiger partial charge in [-0.15, -0.1) is 0 Å². The van der Waals surface area contributed by atoms with E-state index in [2.05, 4.69) is 36.4 Å². The number of benzene rings is 3. The van der Waals surface area contributed by atoms with Crippen LogP contribution in [0.2, 0.25) is 0 Å². The van der Waals surface area contributed by atoms with Gasteiger partial charge in [0.1, 0.15) is 23.6 Å². The highest BCUT2D eigenvalue weighted by Crippen LogP contribution is 2.49. The van der Waals surface area contributed by atoms with E-state index in [0.717, 1.165) is 70.6 Å². The van der Waals surface area contributed by atoms with Crippen LogP contribution < -0.4 is 9.47 Å². The lowest BCUT2D eigenvalue weighted by atomic mass is 9.72. The molecule has 30 heavy (non-hydrogen) atoms. The molecule has 0 saturated carbocycles. The Morgan fingerprint density at radius 3 is 1.47 bits per heavy atom. The summed E-state index contributed by atoms with van der Waals surface area (Å²) in [4.78, 5) is 0. The summed E-state index contributed by atoms with van der Waals surface area (Å²) in [6, 6.07) is 17.0. The molecule has 0 fully saturated rings. The fourth-order valence-electron chi connectivity index (χ4n) is 5.01. The van der Waals surface area contributed by atoms with Crippen LogP contribution >= 0.6 is 0 Å². The molecule has 2 aliphatic carbocycles. The first-order valence-corrected chi connectivity index (χ1v) is 10.1. The second kappa shape index (κ2) is 6.94. The largest absolute Gasteiger partial charge is 0.497 e. The fourth-order valence-corrected chi connectivity index (χ4v) is 5.01. The summed E-state index contributed by atoms with van der Waals surface area (Å²) in [7, 11) is 3.36. The summed E-state index contributed by atoms with van der Waals surface area (Å²) < 4.78 is 10.9. The van der Waals surface area contributed by atoms with Crippen molar-refractivity contribution in [2.75, 3.05) is 14.2 Å². The van der Waals surface area contributed by atoms with Gasteiger partial charge in [-0.3, -0.25) is 0 Å². The molecule has 3 aromatic rings. The third kappa shape index (κ3) is 2.51. The Morgan fingerprint density at radius 2 is 1.10 bits per heavy atom. The topological polar surface area (TPSA) is 66.0 Å². The van der Waals surface area contributed by atoms with Crippen LogP contribution in [0.1, 0.15) is 33.4 Å². The van der Waals surface area contributed by atoms with Crippen molar-refractivity contribution in [3.8, 4) is 45.9 Å². The van der Waals surface area contributed by atoms with Crippen molar-refractivity contribution in [3.63, 3.8) is 0 Å². The molecule has 2 aliphatic rings. The Hall–Kier alpha value is -3.76. The zero-order valence-electron chi connectivity index (χ0n) is 17.0. The van der Waals surface area contributed by atoms with Crippen LogP contribution in [0.3, 0.4) is 0 Å². The minimum absolute atomic E-state index is 0.546. The Balaban J connectivity index is 1.90. The van der Waals surface area contributed by atoms with Gasteiger partial charge in [0.25, 0.3) is 0 Å². The van der Waals surface area contributed by atoms with Gasteiger partial charge < -0.3 is 9.47 Å². The maximum atomic E-state index is 9.96. The van der Waals surface area contributed by atoms with E-state index in [1.165, 1.54) is 11.1 Å². The van der Waals surface area contributed by atoms with Crippen LogP contribution in [0.25, 0.3) is 22.3 Å². The van der Waals surface area contributed by atoms with Gasteiger partial charge in [0.2, 0.25) is 0 Å². The van der Waals surface area contributed by atoms with Gasteiger partial charge in [0, 0.05) is 0 Å². The quantitative estimate of drug-likeness (QED) is 0.617. The first-order chi connectivity index (χ1) is 14.7. The van der Waals surface area contributed by atoms with E-state index >= 15 is 0 Å². The maximum Gasteiger partial charge on any atom is 0.119 e. The van der Waals surface area contributed by atoms with Crippen LogP contribution in [0, 0.1) is 22.7 Å². The van der Waals surface area contributed by atoms with Gasteiger partial charge in [-0.05, 0) is 94.5 Å². The Bertz CT molecular complexity index is 1190. The summed E-state index contributed by atoms with van der Waals surface area (Å²) in [6.45, 7) is 0. The summed E-state index contributed by atoms with van der Waals surface area (Å²) in [5.74, 6) is 1.68. The highest BCUT2D eigenvalue weighted by Gasteiger charge is 2.31. The SMILES string of the molecule is COc1ccc2c(c1)CCc1c(C#N)c(C#N)c3c(c1-2)-c1ccc(OC)cc1CC3. The number of methoxy groups -OCH3 is 2. The molecule has 0 atom stereocenters. The Labute approximate surface area is 175 Å². The molecule has 146 valence electrons. The maximum absolute atomic E-state index is 9.96. The molecular weight excluding hydrogens is 372 g/mol. The Kier molecular flexibility index (Phi) is 4.23. The number of nitrogens with zero attached hydrogens (tertiary/aromatic N) is 2. The number of fused-ring (bicyclic) bond motifs is 7. The standard InChI is InChI=1S/C26H20N2O2/c1-29-17-5-9-19-15(11-17)3-7-21-23(13-27)24(14-28)22-8-4-16-12-18(30-2)6-10-20(16)26(22)25(19)21/h5-6,9-12H,3-4,7-8H2,1-2H3. The molecule has 4 heteroatoms. The summed E-state index contributed by atoms with van der Waals surface area (Å²) in [5.41, 5.74) is 10.0. The van der Waals surface area contributed by atoms with E-state index in [9.17, 15) is 10.5 Å². The van der Waals surface area contributed by atoms with Gasteiger partial charge in [0.15, 0.2) is 0 Å². The third-order valence-electron chi connectivity index (χ3n) is 6.38. The number of aryl methyl sites for hydroxylation is 2. The van der Waals surface area contributed by atoms with Crippen LogP contribution in [0.4, 0.5) is 0 Å². The molecule has 0 unspecified atom stereocenters. The van der Waals surface area contributed by atoms with Crippen LogP contribution in [-0.4, -0.2) is 14.2 Å². The molecule has 0 heterocycles. The molecule has 5 rings (SSSR count). The van der Waals surface area contributed by atoms with Crippen molar-refractivity contribution in [1.82, 2.24) is 0 Å². The summed E-state index contributed by atoms with van der Waals surface area (Å²) in [6.07, 6.45) is 3.14. The minimum atomic E-state index is 0.546. The van der Waals surface area contributed by atoms with E-state index in [4.69, 9.17) is 9.47 Å². The predicted molar refractivity (Wildman–Crippen MR) is 115 cm³/mol. The van der Waals surface area contributed by atoms with E-state index in [0.29, 0.717) is 11.1 Å². The lowest BCUT2D eigenvalue weighted by Crippen LogP contribution is -2.15. The molecule has 0 bridgehead atoms. The summed E-state index contributed by atoms with van der Waals surface area (Å²) >= 11 is 0. The van der Waals surface area contributed by atoms with Crippen LogP contribution in [-0.2, 0) is 25.7 Å². The van der Waals surface area contributed by atoms with Gasteiger partial charge in [0.05, 0.1) is 25.3 Å². The lowest BCUT2D eigenvalue weighted by Gasteiger charge is -2.31. The van der Waals surface area contributed by atoms with E-state index in [1.807, 2.05) is 12.1 Å². The van der Waals surface area contributed by atoms with E-state index in [1.54, 1.807) is 14.2 Å². The molecule has 0 radical (unpaired) electrons. The third-order valence-corrected chi connectivity index (χ3v) is 6.38. The average Bonchev–Trinajstić information content (AvgIpc) is 2.81. The summed E-state index contributed by atoms with van der Waals surface area (Å²) in [5, 5.41) is 19.9. The number of hydrogen-bond donors (Lipinski definition) is 0.